The van der Waals surface area contributed by atoms with Crippen molar-refractivity contribution in [3.05, 3.63) is 71.9 Å². The summed E-state index contributed by atoms with van der Waals surface area (Å²) in [7, 11) is 0. The van der Waals surface area contributed by atoms with Gasteiger partial charge in [0.1, 0.15) is 11.3 Å². The maximum atomic E-state index is 12.1. The van der Waals surface area contributed by atoms with Crippen molar-refractivity contribution in [3.63, 3.8) is 0 Å². The molecule has 0 aliphatic carbocycles. The highest BCUT2D eigenvalue weighted by Crippen LogP contribution is 2.22. The first-order chi connectivity index (χ1) is 13.8. The van der Waals surface area contributed by atoms with Gasteiger partial charge >= 0.3 is 0 Å². The summed E-state index contributed by atoms with van der Waals surface area (Å²) in [6, 6.07) is 18.3. The van der Waals surface area contributed by atoms with E-state index in [0.717, 1.165) is 43.4 Å². The number of nitrogens with zero attached hydrogens (tertiary/aromatic N) is 2. The minimum Gasteiger partial charge on any atom is -0.481 e. The highest BCUT2D eigenvalue weighted by Gasteiger charge is 2.15. The molecule has 4 rings (SSSR count). The summed E-state index contributed by atoms with van der Waals surface area (Å²) >= 11 is 0. The molecule has 1 aliphatic heterocycles. The van der Waals surface area contributed by atoms with Crippen LogP contribution in [0.3, 0.4) is 0 Å². The number of hydrogen-bond acceptors (Lipinski definition) is 4. The van der Waals surface area contributed by atoms with Gasteiger partial charge in [-0.3, -0.25) is 14.7 Å². The Morgan fingerprint density at radius 1 is 1.07 bits per heavy atom. The Labute approximate surface area is 165 Å². The molecule has 0 spiro atoms. The van der Waals surface area contributed by atoms with E-state index in [-0.39, 0.29) is 12.5 Å². The van der Waals surface area contributed by atoms with E-state index in [0.29, 0.717) is 12.3 Å². The zero-order chi connectivity index (χ0) is 19.2. The number of pyridine rings is 1. The molecule has 5 heteroatoms. The van der Waals surface area contributed by atoms with Crippen molar-refractivity contribution in [3.8, 4) is 5.75 Å². The summed E-state index contributed by atoms with van der Waals surface area (Å²) in [6.45, 7) is 3.74. The monoisotopic (exact) mass is 375 g/mol. The SMILES string of the molecule is O=C(COc1cccc2cccnc12)NCCCN1CCc2ccccc2C1. The van der Waals surface area contributed by atoms with E-state index in [1.54, 1.807) is 6.20 Å². The number of benzene rings is 2. The van der Waals surface area contributed by atoms with Gasteiger partial charge in [-0.1, -0.05) is 42.5 Å². The Bertz CT molecular complexity index is 952. The molecule has 1 aromatic heterocycles. The van der Waals surface area contributed by atoms with E-state index in [1.165, 1.54) is 11.1 Å². The number of carbonyl (C=O) groups excluding carboxylic acids is 1. The van der Waals surface area contributed by atoms with E-state index < -0.39 is 0 Å². The normalized spacial score (nSPS) is 13.9. The predicted octanol–water partition coefficient (Wildman–Crippen LogP) is 3.18. The molecular weight excluding hydrogens is 350 g/mol. The Morgan fingerprint density at radius 2 is 1.93 bits per heavy atom. The van der Waals surface area contributed by atoms with Gasteiger partial charge in [0, 0.05) is 37.8 Å². The lowest BCUT2D eigenvalue weighted by Gasteiger charge is -2.28. The summed E-state index contributed by atoms with van der Waals surface area (Å²) in [5.74, 6) is 0.539. The Hall–Kier alpha value is -2.92. The van der Waals surface area contributed by atoms with Crippen molar-refractivity contribution in [2.24, 2.45) is 0 Å². The second kappa shape index (κ2) is 8.85. The average Bonchev–Trinajstić information content (AvgIpc) is 2.75. The fourth-order valence-electron chi connectivity index (χ4n) is 3.66. The molecule has 5 nitrogen and oxygen atoms in total. The fourth-order valence-corrected chi connectivity index (χ4v) is 3.66. The third kappa shape index (κ3) is 4.49. The minimum atomic E-state index is -0.100. The molecule has 0 saturated heterocycles. The molecule has 2 aromatic carbocycles. The summed E-state index contributed by atoms with van der Waals surface area (Å²) in [6.07, 6.45) is 3.77. The van der Waals surface area contributed by atoms with Gasteiger partial charge in [-0.25, -0.2) is 0 Å². The lowest BCUT2D eigenvalue weighted by atomic mass is 10.00. The Morgan fingerprint density at radius 3 is 2.86 bits per heavy atom. The van der Waals surface area contributed by atoms with Crippen LogP contribution in [0.15, 0.2) is 60.8 Å². The van der Waals surface area contributed by atoms with Gasteiger partial charge in [0.25, 0.3) is 5.91 Å². The van der Waals surface area contributed by atoms with Crippen molar-refractivity contribution in [2.45, 2.75) is 19.4 Å². The van der Waals surface area contributed by atoms with Crippen LogP contribution in [0.5, 0.6) is 5.75 Å². The molecule has 0 unspecified atom stereocenters. The molecule has 28 heavy (non-hydrogen) atoms. The van der Waals surface area contributed by atoms with Crippen LogP contribution in [0.4, 0.5) is 0 Å². The summed E-state index contributed by atoms with van der Waals surface area (Å²) in [5.41, 5.74) is 3.67. The standard InChI is InChI=1S/C23H25N3O2/c27-22(17-28-21-10-3-8-19-9-4-12-25-23(19)21)24-13-5-14-26-15-11-18-6-1-2-7-20(18)16-26/h1-4,6-10,12H,5,11,13-17H2,(H,24,27). The van der Waals surface area contributed by atoms with E-state index in [4.69, 9.17) is 4.74 Å². The molecular formula is C23H25N3O2. The van der Waals surface area contributed by atoms with Crippen molar-refractivity contribution in [2.75, 3.05) is 26.2 Å². The van der Waals surface area contributed by atoms with E-state index >= 15 is 0 Å². The number of nitrogens with one attached hydrogen (secondary N) is 1. The van der Waals surface area contributed by atoms with Gasteiger partial charge in [-0.05, 0) is 36.1 Å². The minimum absolute atomic E-state index is 0.00672. The molecule has 0 fully saturated rings. The summed E-state index contributed by atoms with van der Waals surface area (Å²) in [4.78, 5) is 18.9. The quantitative estimate of drug-likeness (QED) is 0.645. The van der Waals surface area contributed by atoms with Gasteiger partial charge in [-0.15, -0.1) is 0 Å². The molecule has 1 aliphatic rings. The van der Waals surface area contributed by atoms with Gasteiger partial charge in [0.2, 0.25) is 0 Å². The summed E-state index contributed by atoms with van der Waals surface area (Å²) < 4.78 is 5.68. The maximum Gasteiger partial charge on any atom is 0.257 e. The van der Waals surface area contributed by atoms with Gasteiger partial charge in [0.15, 0.2) is 6.61 Å². The smallest absolute Gasteiger partial charge is 0.257 e. The van der Waals surface area contributed by atoms with Crippen molar-refractivity contribution >= 4 is 16.8 Å². The number of ether oxygens (including phenoxy) is 1. The van der Waals surface area contributed by atoms with Crippen LogP contribution in [-0.4, -0.2) is 42.0 Å². The van der Waals surface area contributed by atoms with Crippen LogP contribution >= 0.6 is 0 Å². The van der Waals surface area contributed by atoms with Crippen LogP contribution < -0.4 is 10.1 Å². The molecule has 144 valence electrons. The van der Waals surface area contributed by atoms with E-state index in [9.17, 15) is 4.79 Å². The number of carbonyl (C=O) groups is 1. The molecule has 0 radical (unpaired) electrons. The highest BCUT2D eigenvalue weighted by atomic mass is 16.5. The first-order valence-corrected chi connectivity index (χ1v) is 9.82. The van der Waals surface area contributed by atoms with Gasteiger partial charge in [0.05, 0.1) is 0 Å². The largest absolute Gasteiger partial charge is 0.481 e. The molecule has 0 atom stereocenters. The van der Waals surface area contributed by atoms with Crippen molar-refractivity contribution in [1.29, 1.82) is 0 Å². The zero-order valence-electron chi connectivity index (χ0n) is 15.9. The van der Waals surface area contributed by atoms with Crippen LogP contribution in [0.25, 0.3) is 10.9 Å². The van der Waals surface area contributed by atoms with Crippen LogP contribution in [0, 0.1) is 0 Å². The Kier molecular flexibility index (Phi) is 5.83. The third-order valence-corrected chi connectivity index (χ3v) is 5.14. The van der Waals surface area contributed by atoms with Crippen molar-refractivity contribution < 1.29 is 9.53 Å². The lowest BCUT2D eigenvalue weighted by Crippen LogP contribution is -2.35. The van der Waals surface area contributed by atoms with Gasteiger partial charge in [-0.2, -0.15) is 0 Å². The molecule has 2 heterocycles. The zero-order valence-corrected chi connectivity index (χ0v) is 15.9. The predicted molar refractivity (Wildman–Crippen MR) is 110 cm³/mol. The number of para-hydroxylation sites is 1. The number of fused-ring (bicyclic) bond motifs is 2. The van der Waals surface area contributed by atoms with Crippen LogP contribution in [0.1, 0.15) is 17.5 Å². The van der Waals surface area contributed by atoms with Crippen molar-refractivity contribution in [1.82, 2.24) is 15.2 Å². The average molecular weight is 375 g/mol. The number of aromatic nitrogens is 1. The van der Waals surface area contributed by atoms with E-state index in [1.807, 2.05) is 30.3 Å². The van der Waals surface area contributed by atoms with E-state index in [2.05, 4.69) is 39.5 Å². The summed E-state index contributed by atoms with van der Waals surface area (Å²) in [5, 5.41) is 3.95. The second-order valence-corrected chi connectivity index (χ2v) is 7.12. The highest BCUT2D eigenvalue weighted by molar-refractivity contribution is 5.85. The van der Waals surface area contributed by atoms with Crippen LogP contribution in [-0.2, 0) is 17.8 Å². The molecule has 1 amide bonds. The topological polar surface area (TPSA) is 54.5 Å². The first-order valence-electron chi connectivity index (χ1n) is 9.82. The molecule has 0 bridgehead atoms. The first kappa shape index (κ1) is 18.4. The maximum absolute atomic E-state index is 12.1. The third-order valence-electron chi connectivity index (χ3n) is 5.14. The fraction of sp³-hybridized carbons (Fsp3) is 0.304. The molecule has 1 N–H and O–H groups in total. The molecule has 0 saturated carbocycles. The molecule has 3 aromatic rings. The lowest BCUT2D eigenvalue weighted by molar-refractivity contribution is -0.123. The number of amides is 1. The number of hydrogen-bond donors (Lipinski definition) is 1. The number of rotatable bonds is 7. The van der Waals surface area contributed by atoms with Gasteiger partial charge < -0.3 is 10.1 Å². The van der Waals surface area contributed by atoms with Crippen LogP contribution in [0.2, 0.25) is 0 Å². The Balaban J connectivity index is 1.18. The second-order valence-electron chi connectivity index (χ2n) is 7.12.